The topological polar surface area (TPSA) is 26.3 Å². The van der Waals surface area contributed by atoms with Crippen molar-refractivity contribution in [2.24, 2.45) is 0 Å². The van der Waals surface area contributed by atoms with Gasteiger partial charge in [0.15, 0.2) is 11.2 Å². The van der Waals surface area contributed by atoms with Crippen molar-refractivity contribution in [3.8, 4) is 44.5 Å². The second kappa shape index (κ2) is 12.8. The lowest BCUT2D eigenvalue weighted by molar-refractivity contribution is 0.633. The van der Waals surface area contributed by atoms with E-state index in [0.717, 1.165) is 60.6 Å². The Hall–Kier alpha value is -7.94. The monoisotopic (exact) mass is 762 g/mol. The number of furan rings is 2. The zero-order valence-electron chi connectivity index (χ0n) is 32.4. The first-order valence-electron chi connectivity index (χ1n) is 20.5. The first-order valence-corrected chi connectivity index (χ1v) is 20.5. The van der Waals surface area contributed by atoms with Crippen LogP contribution in [0.25, 0.3) is 131 Å². The van der Waals surface area contributed by atoms with Crippen LogP contribution in [0.1, 0.15) is 0 Å². The van der Waals surface area contributed by atoms with Gasteiger partial charge in [0, 0.05) is 21.5 Å². The van der Waals surface area contributed by atoms with Gasteiger partial charge < -0.3 is 8.83 Å². The SMILES string of the molecule is c1cc(-c2ccc3oc4c(ccc5c6cc(-c7ccc8cc(-c9ccc%10ccccc%10c9)ccc8c7)ccc6oc54)c3c2)cc(-c2cc3ccccc3c3ccccc23)c1. The summed E-state index contributed by atoms with van der Waals surface area (Å²) in [6.07, 6.45) is 0. The van der Waals surface area contributed by atoms with Crippen LogP contribution in [-0.4, -0.2) is 0 Å². The fourth-order valence-electron chi connectivity index (χ4n) is 9.56. The van der Waals surface area contributed by atoms with Gasteiger partial charge in [-0.25, -0.2) is 0 Å². The minimum Gasteiger partial charge on any atom is -0.452 e. The lowest BCUT2D eigenvalue weighted by Crippen LogP contribution is -1.86. The summed E-state index contributed by atoms with van der Waals surface area (Å²) in [5.74, 6) is 0. The predicted octanol–water partition coefficient (Wildman–Crippen LogP) is 16.8. The highest BCUT2D eigenvalue weighted by molar-refractivity contribution is 6.20. The second-order valence-electron chi connectivity index (χ2n) is 16.1. The van der Waals surface area contributed by atoms with Gasteiger partial charge in [-0.05, 0) is 154 Å². The van der Waals surface area contributed by atoms with Gasteiger partial charge in [0.05, 0.1) is 0 Å². The van der Waals surface area contributed by atoms with Crippen molar-refractivity contribution in [2.45, 2.75) is 0 Å². The summed E-state index contributed by atoms with van der Waals surface area (Å²) < 4.78 is 13.2. The normalized spacial score (nSPS) is 12.0. The Morgan fingerprint density at radius 1 is 0.217 bits per heavy atom. The highest BCUT2D eigenvalue weighted by Crippen LogP contribution is 2.42. The molecule has 0 fully saturated rings. The zero-order chi connectivity index (χ0) is 39.3. The molecule has 0 N–H and O–H groups in total. The molecule has 13 aromatic rings. The quantitative estimate of drug-likeness (QED) is 0.167. The van der Waals surface area contributed by atoms with E-state index in [1.165, 1.54) is 70.9 Å². The molecule has 0 saturated heterocycles. The largest absolute Gasteiger partial charge is 0.452 e. The van der Waals surface area contributed by atoms with Crippen molar-refractivity contribution in [1.29, 1.82) is 0 Å². The van der Waals surface area contributed by atoms with Crippen molar-refractivity contribution in [3.05, 3.63) is 206 Å². The van der Waals surface area contributed by atoms with Crippen molar-refractivity contribution in [2.75, 3.05) is 0 Å². The van der Waals surface area contributed by atoms with Crippen LogP contribution in [0.2, 0.25) is 0 Å². The number of fused-ring (bicyclic) bond motifs is 12. The summed E-state index contributed by atoms with van der Waals surface area (Å²) >= 11 is 0. The molecule has 0 spiro atoms. The Kier molecular flexibility index (Phi) is 7.05. The summed E-state index contributed by atoms with van der Waals surface area (Å²) in [5.41, 5.74) is 12.8. The van der Waals surface area contributed by atoms with Gasteiger partial charge in [-0.2, -0.15) is 0 Å². The van der Waals surface area contributed by atoms with Crippen molar-refractivity contribution in [1.82, 2.24) is 0 Å². The Morgan fingerprint density at radius 2 is 0.667 bits per heavy atom. The number of hydrogen-bond acceptors (Lipinski definition) is 2. The summed E-state index contributed by atoms with van der Waals surface area (Å²) in [7, 11) is 0. The van der Waals surface area contributed by atoms with Gasteiger partial charge in [-0.1, -0.05) is 140 Å². The van der Waals surface area contributed by atoms with E-state index < -0.39 is 0 Å². The fourth-order valence-corrected chi connectivity index (χ4v) is 9.56. The van der Waals surface area contributed by atoms with Gasteiger partial charge in [-0.3, -0.25) is 0 Å². The van der Waals surface area contributed by atoms with E-state index in [9.17, 15) is 0 Å². The molecule has 0 aliphatic carbocycles. The Bertz CT molecular complexity index is 3900. The van der Waals surface area contributed by atoms with Crippen LogP contribution in [0.15, 0.2) is 215 Å². The zero-order valence-corrected chi connectivity index (χ0v) is 32.4. The van der Waals surface area contributed by atoms with Crippen LogP contribution >= 0.6 is 0 Å². The second-order valence-corrected chi connectivity index (χ2v) is 16.1. The van der Waals surface area contributed by atoms with Crippen molar-refractivity contribution >= 4 is 87.0 Å². The Morgan fingerprint density at radius 3 is 1.30 bits per heavy atom. The third-order valence-corrected chi connectivity index (χ3v) is 12.6. The average Bonchev–Trinajstić information content (AvgIpc) is 3.89. The van der Waals surface area contributed by atoms with Crippen LogP contribution in [0.5, 0.6) is 0 Å². The van der Waals surface area contributed by atoms with Crippen LogP contribution < -0.4 is 0 Å². The maximum absolute atomic E-state index is 6.60. The first kappa shape index (κ1) is 33.1. The van der Waals surface area contributed by atoms with Gasteiger partial charge in [0.2, 0.25) is 0 Å². The van der Waals surface area contributed by atoms with Gasteiger partial charge in [0.25, 0.3) is 0 Å². The molecule has 0 amide bonds. The van der Waals surface area contributed by atoms with Crippen molar-refractivity contribution < 1.29 is 8.83 Å². The Labute approximate surface area is 345 Å². The van der Waals surface area contributed by atoms with E-state index in [-0.39, 0.29) is 0 Å². The minimum absolute atomic E-state index is 0.779. The van der Waals surface area contributed by atoms with Gasteiger partial charge in [-0.15, -0.1) is 0 Å². The van der Waals surface area contributed by atoms with E-state index in [4.69, 9.17) is 8.83 Å². The molecular weight excluding hydrogens is 729 g/mol. The van der Waals surface area contributed by atoms with Crippen LogP contribution in [-0.2, 0) is 0 Å². The van der Waals surface area contributed by atoms with Gasteiger partial charge >= 0.3 is 0 Å². The van der Waals surface area contributed by atoms with Crippen LogP contribution in [0.4, 0.5) is 0 Å². The van der Waals surface area contributed by atoms with E-state index in [1.807, 2.05) is 0 Å². The minimum atomic E-state index is 0.779. The summed E-state index contributed by atoms with van der Waals surface area (Å²) in [5, 5.41) is 14.3. The molecule has 2 heterocycles. The molecular formula is C58H34O2. The van der Waals surface area contributed by atoms with Crippen molar-refractivity contribution in [3.63, 3.8) is 0 Å². The third-order valence-electron chi connectivity index (χ3n) is 12.6. The molecule has 0 atom stereocenters. The highest BCUT2D eigenvalue weighted by atomic mass is 16.4. The lowest BCUT2D eigenvalue weighted by Gasteiger charge is -2.12. The lowest BCUT2D eigenvalue weighted by atomic mass is 9.91. The first-order chi connectivity index (χ1) is 29.7. The maximum atomic E-state index is 6.60. The molecule has 2 nitrogen and oxygen atoms in total. The number of hydrogen-bond donors (Lipinski definition) is 0. The molecule has 0 aliphatic heterocycles. The average molecular weight is 763 g/mol. The molecule has 2 aromatic heterocycles. The molecule has 0 radical (unpaired) electrons. The molecule has 60 heavy (non-hydrogen) atoms. The summed E-state index contributed by atoms with van der Waals surface area (Å²) in [6.45, 7) is 0. The smallest absolute Gasteiger partial charge is 0.178 e. The van der Waals surface area contributed by atoms with Gasteiger partial charge in [0.1, 0.15) is 11.2 Å². The molecule has 0 unspecified atom stereocenters. The summed E-state index contributed by atoms with van der Waals surface area (Å²) in [6, 6.07) is 74.8. The molecule has 0 saturated carbocycles. The van der Waals surface area contributed by atoms with E-state index in [0.29, 0.717) is 0 Å². The molecule has 0 bridgehead atoms. The number of benzene rings is 11. The van der Waals surface area contributed by atoms with E-state index in [2.05, 4.69) is 206 Å². The third kappa shape index (κ3) is 5.14. The van der Waals surface area contributed by atoms with Crippen LogP contribution in [0.3, 0.4) is 0 Å². The molecule has 0 aliphatic rings. The number of rotatable bonds is 4. The molecule has 13 rings (SSSR count). The predicted molar refractivity (Wildman–Crippen MR) is 253 cm³/mol. The fraction of sp³-hybridized carbons (Fsp3) is 0. The molecule has 2 heteroatoms. The van der Waals surface area contributed by atoms with E-state index >= 15 is 0 Å². The van der Waals surface area contributed by atoms with Crippen LogP contribution in [0, 0.1) is 0 Å². The summed E-state index contributed by atoms with van der Waals surface area (Å²) in [4.78, 5) is 0. The maximum Gasteiger partial charge on any atom is 0.178 e. The highest BCUT2D eigenvalue weighted by Gasteiger charge is 2.18. The molecule has 278 valence electrons. The molecule has 11 aromatic carbocycles. The van der Waals surface area contributed by atoms with E-state index in [1.54, 1.807) is 0 Å². The Balaban J connectivity index is 0.858. The standard InChI is InChI=1S/C58H34O2/c1-2-9-36-28-38(17-16-35(36)8-1)39-18-19-41-30-42(21-20-40(41)29-39)44-23-27-56-54(33-44)51-25-24-50-53-32-43(22-26-55(53)59-57(50)58(51)60-56)37-11-7-12-45(31-37)52-34-46-10-3-4-13-47(46)48-14-5-6-15-49(48)52/h1-34H.